The minimum absolute atomic E-state index is 0.220. The number of benzene rings is 1. The van der Waals surface area contributed by atoms with Gasteiger partial charge in [0.15, 0.2) is 0 Å². The number of amides is 2. The Balaban J connectivity index is 2.70. The molecule has 1 aromatic carbocycles. The predicted octanol–water partition coefficient (Wildman–Crippen LogP) is 0.773. The Hall–Kier alpha value is -2.08. The van der Waals surface area contributed by atoms with E-state index in [1.54, 1.807) is 19.1 Å². The van der Waals surface area contributed by atoms with Crippen molar-refractivity contribution < 1.29 is 14.7 Å². The van der Waals surface area contributed by atoms with Gasteiger partial charge in [-0.3, -0.25) is 0 Å². The number of urea groups is 1. The molecule has 0 heterocycles. The van der Waals surface area contributed by atoms with E-state index in [1.165, 1.54) is 6.07 Å². The lowest BCUT2D eigenvalue weighted by atomic mass is 10.1. The summed E-state index contributed by atoms with van der Waals surface area (Å²) in [5.41, 5.74) is 6.60. The van der Waals surface area contributed by atoms with E-state index >= 15 is 0 Å². The van der Waals surface area contributed by atoms with Crippen LogP contribution in [0.15, 0.2) is 18.2 Å². The number of anilines is 1. The second-order valence-electron chi connectivity index (χ2n) is 3.50. The standard InChI is InChI=1S/C11H15N3O3/c1-7-6-8(2-3-9(7)10(15)16)14-11(17)13-5-4-12/h2-3,6H,4-5,12H2,1H3,(H,15,16)(H2,13,14,17). The van der Waals surface area contributed by atoms with Gasteiger partial charge in [0.1, 0.15) is 0 Å². The fraction of sp³-hybridized carbons (Fsp3) is 0.273. The van der Waals surface area contributed by atoms with Crippen LogP contribution in [0.4, 0.5) is 10.5 Å². The fourth-order valence-electron chi connectivity index (χ4n) is 1.34. The summed E-state index contributed by atoms with van der Waals surface area (Å²) in [6.45, 7) is 2.43. The SMILES string of the molecule is Cc1cc(NC(=O)NCCN)ccc1C(=O)O. The summed E-state index contributed by atoms with van der Waals surface area (Å²) in [4.78, 5) is 22.1. The smallest absolute Gasteiger partial charge is 0.335 e. The Morgan fingerprint density at radius 1 is 1.41 bits per heavy atom. The van der Waals surface area contributed by atoms with Crippen molar-refractivity contribution in [2.75, 3.05) is 18.4 Å². The number of carbonyl (C=O) groups is 2. The minimum Gasteiger partial charge on any atom is -0.478 e. The molecule has 0 aliphatic heterocycles. The molecule has 0 aromatic heterocycles. The number of aryl methyl sites for hydroxylation is 1. The highest BCUT2D eigenvalue weighted by atomic mass is 16.4. The summed E-state index contributed by atoms with van der Waals surface area (Å²) >= 11 is 0. The molecule has 0 radical (unpaired) electrons. The van der Waals surface area contributed by atoms with Crippen LogP contribution in [0.1, 0.15) is 15.9 Å². The van der Waals surface area contributed by atoms with Crippen molar-refractivity contribution in [3.63, 3.8) is 0 Å². The molecule has 0 atom stereocenters. The van der Waals surface area contributed by atoms with Crippen LogP contribution in [0, 0.1) is 6.92 Å². The zero-order valence-corrected chi connectivity index (χ0v) is 9.49. The molecule has 0 bridgehead atoms. The Labute approximate surface area is 98.8 Å². The van der Waals surface area contributed by atoms with Gasteiger partial charge < -0.3 is 21.5 Å². The third-order valence-corrected chi connectivity index (χ3v) is 2.14. The fourth-order valence-corrected chi connectivity index (χ4v) is 1.34. The average Bonchev–Trinajstić information content (AvgIpc) is 2.26. The molecule has 0 unspecified atom stereocenters. The van der Waals surface area contributed by atoms with Crippen molar-refractivity contribution in [2.45, 2.75) is 6.92 Å². The van der Waals surface area contributed by atoms with Crippen LogP contribution in [0.25, 0.3) is 0 Å². The Bertz CT molecular complexity index is 432. The van der Waals surface area contributed by atoms with E-state index < -0.39 is 5.97 Å². The van der Waals surface area contributed by atoms with E-state index in [2.05, 4.69) is 10.6 Å². The number of rotatable bonds is 4. The highest BCUT2D eigenvalue weighted by Crippen LogP contribution is 2.14. The van der Waals surface area contributed by atoms with Gasteiger partial charge in [0.25, 0.3) is 0 Å². The molecule has 5 N–H and O–H groups in total. The lowest BCUT2D eigenvalue weighted by Gasteiger charge is -2.08. The van der Waals surface area contributed by atoms with Gasteiger partial charge in [-0.05, 0) is 30.7 Å². The minimum atomic E-state index is -0.985. The van der Waals surface area contributed by atoms with Gasteiger partial charge in [0.2, 0.25) is 0 Å². The van der Waals surface area contributed by atoms with Gasteiger partial charge in [-0.1, -0.05) is 0 Å². The summed E-state index contributed by atoms with van der Waals surface area (Å²) in [6.07, 6.45) is 0. The van der Waals surface area contributed by atoms with Gasteiger partial charge >= 0.3 is 12.0 Å². The molecule has 0 saturated carbocycles. The third-order valence-electron chi connectivity index (χ3n) is 2.14. The first-order valence-electron chi connectivity index (χ1n) is 5.13. The van der Waals surface area contributed by atoms with Crippen LogP contribution in [-0.2, 0) is 0 Å². The Kier molecular flexibility index (Phi) is 4.47. The first kappa shape index (κ1) is 13.0. The zero-order chi connectivity index (χ0) is 12.8. The quantitative estimate of drug-likeness (QED) is 0.620. The maximum Gasteiger partial charge on any atom is 0.335 e. The van der Waals surface area contributed by atoms with Gasteiger partial charge in [0.05, 0.1) is 5.56 Å². The second-order valence-corrected chi connectivity index (χ2v) is 3.50. The summed E-state index contributed by atoms with van der Waals surface area (Å²) in [5.74, 6) is -0.985. The highest BCUT2D eigenvalue weighted by molar-refractivity contribution is 5.92. The van der Waals surface area contributed by atoms with E-state index in [4.69, 9.17) is 10.8 Å². The van der Waals surface area contributed by atoms with E-state index in [0.717, 1.165) is 0 Å². The molecule has 0 aliphatic carbocycles. The van der Waals surface area contributed by atoms with Crippen molar-refractivity contribution in [3.8, 4) is 0 Å². The lowest BCUT2D eigenvalue weighted by Crippen LogP contribution is -2.32. The number of aromatic carboxylic acids is 1. The monoisotopic (exact) mass is 237 g/mol. The number of carbonyl (C=O) groups excluding carboxylic acids is 1. The molecular formula is C11H15N3O3. The molecular weight excluding hydrogens is 222 g/mol. The molecule has 6 heteroatoms. The van der Waals surface area contributed by atoms with Gasteiger partial charge in [0, 0.05) is 18.8 Å². The summed E-state index contributed by atoms with van der Waals surface area (Å²) in [6, 6.07) is 4.23. The Morgan fingerprint density at radius 2 is 2.12 bits per heavy atom. The molecule has 1 aromatic rings. The maximum atomic E-state index is 11.3. The van der Waals surface area contributed by atoms with Crippen molar-refractivity contribution in [2.24, 2.45) is 5.73 Å². The van der Waals surface area contributed by atoms with E-state index in [-0.39, 0.29) is 11.6 Å². The molecule has 1 rings (SSSR count). The summed E-state index contributed by atoms with van der Waals surface area (Å²) in [7, 11) is 0. The first-order chi connectivity index (χ1) is 8.04. The van der Waals surface area contributed by atoms with Gasteiger partial charge in [-0.2, -0.15) is 0 Å². The topological polar surface area (TPSA) is 104 Å². The number of hydrogen-bond acceptors (Lipinski definition) is 3. The number of nitrogens with two attached hydrogens (primary N) is 1. The number of hydrogen-bond donors (Lipinski definition) is 4. The van der Waals surface area contributed by atoms with Gasteiger partial charge in [-0.15, -0.1) is 0 Å². The van der Waals surface area contributed by atoms with Crippen LogP contribution in [0.3, 0.4) is 0 Å². The number of carboxylic acid groups (broad SMARTS) is 1. The first-order valence-corrected chi connectivity index (χ1v) is 5.13. The molecule has 0 fully saturated rings. The normalized spacial score (nSPS) is 9.76. The van der Waals surface area contributed by atoms with Crippen molar-refractivity contribution >= 4 is 17.7 Å². The van der Waals surface area contributed by atoms with Crippen LogP contribution in [0.5, 0.6) is 0 Å². The number of carboxylic acids is 1. The molecule has 6 nitrogen and oxygen atoms in total. The van der Waals surface area contributed by atoms with Crippen LogP contribution in [-0.4, -0.2) is 30.2 Å². The highest BCUT2D eigenvalue weighted by Gasteiger charge is 2.08. The average molecular weight is 237 g/mol. The lowest BCUT2D eigenvalue weighted by molar-refractivity contribution is 0.0696. The van der Waals surface area contributed by atoms with E-state index in [9.17, 15) is 9.59 Å². The molecule has 0 spiro atoms. The molecule has 0 saturated heterocycles. The van der Waals surface area contributed by atoms with Crippen molar-refractivity contribution in [3.05, 3.63) is 29.3 Å². The molecule has 17 heavy (non-hydrogen) atoms. The van der Waals surface area contributed by atoms with Crippen LogP contribution < -0.4 is 16.4 Å². The van der Waals surface area contributed by atoms with Crippen molar-refractivity contribution in [1.29, 1.82) is 0 Å². The summed E-state index contributed by atoms with van der Waals surface area (Å²) < 4.78 is 0. The van der Waals surface area contributed by atoms with Crippen molar-refractivity contribution in [1.82, 2.24) is 5.32 Å². The molecule has 0 aliphatic rings. The largest absolute Gasteiger partial charge is 0.478 e. The van der Waals surface area contributed by atoms with Crippen LogP contribution >= 0.6 is 0 Å². The van der Waals surface area contributed by atoms with E-state index in [0.29, 0.717) is 24.3 Å². The zero-order valence-electron chi connectivity index (χ0n) is 9.49. The Morgan fingerprint density at radius 3 is 2.65 bits per heavy atom. The molecule has 92 valence electrons. The number of nitrogens with one attached hydrogen (secondary N) is 2. The van der Waals surface area contributed by atoms with E-state index in [1.807, 2.05) is 0 Å². The molecule has 2 amide bonds. The predicted molar refractivity (Wildman–Crippen MR) is 64.2 cm³/mol. The third kappa shape index (κ3) is 3.76. The second kappa shape index (κ2) is 5.86. The van der Waals surface area contributed by atoms with Crippen LogP contribution in [0.2, 0.25) is 0 Å². The summed E-state index contributed by atoms with van der Waals surface area (Å²) in [5, 5.41) is 14.0. The maximum absolute atomic E-state index is 11.3. The van der Waals surface area contributed by atoms with Gasteiger partial charge in [-0.25, -0.2) is 9.59 Å².